The molecular weight excluding hydrogens is 377 g/mol. The number of benzene rings is 1. The lowest BCUT2D eigenvalue weighted by molar-refractivity contribution is 0.607. The highest BCUT2D eigenvalue weighted by Crippen LogP contribution is 2.36. The molecule has 1 unspecified atom stereocenters. The standard InChI is InChI=1S/C14H15ClINS/c1-3-17-9(2)13-6-7-14(18-13)11-8-10(16)4-5-12(11)15/h4-9,17H,3H2,1-2H3. The van der Waals surface area contributed by atoms with Crippen LogP contribution in [0.4, 0.5) is 0 Å². The number of rotatable bonds is 4. The van der Waals surface area contributed by atoms with E-state index in [9.17, 15) is 0 Å². The average molecular weight is 392 g/mol. The van der Waals surface area contributed by atoms with E-state index < -0.39 is 0 Å². The molecule has 2 aromatic rings. The van der Waals surface area contributed by atoms with Crippen molar-refractivity contribution in [3.63, 3.8) is 0 Å². The van der Waals surface area contributed by atoms with Crippen LogP contribution in [-0.2, 0) is 0 Å². The molecular formula is C14H15ClINS. The van der Waals surface area contributed by atoms with Gasteiger partial charge in [-0.15, -0.1) is 11.3 Å². The fourth-order valence-corrected chi connectivity index (χ4v) is 3.66. The van der Waals surface area contributed by atoms with Crippen molar-refractivity contribution < 1.29 is 0 Å². The van der Waals surface area contributed by atoms with E-state index >= 15 is 0 Å². The second kappa shape index (κ2) is 6.37. The predicted octanol–water partition coefficient (Wildman–Crippen LogP) is 5.34. The molecule has 2 rings (SSSR count). The van der Waals surface area contributed by atoms with Gasteiger partial charge in [-0.1, -0.05) is 18.5 Å². The first-order chi connectivity index (χ1) is 8.61. The van der Waals surface area contributed by atoms with Crippen molar-refractivity contribution in [3.05, 3.63) is 43.8 Å². The van der Waals surface area contributed by atoms with E-state index in [2.05, 4.69) is 60.0 Å². The summed E-state index contributed by atoms with van der Waals surface area (Å²) in [6.45, 7) is 5.30. The molecule has 1 nitrogen and oxygen atoms in total. The van der Waals surface area contributed by atoms with Crippen molar-refractivity contribution in [2.45, 2.75) is 19.9 Å². The van der Waals surface area contributed by atoms with Crippen LogP contribution in [0.5, 0.6) is 0 Å². The summed E-state index contributed by atoms with van der Waals surface area (Å²) < 4.78 is 1.21. The van der Waals surface area contributed by atoms with Crippen LogP contribution in [0, 0.1) is 3.57 Å². The van der Waals surface area contributed by atoms with E-state index in [1.165, 1.54) is 13.3 Å². The van der Waals surface area contributed by atoms with Crippen LogP contribution in [0.1, 0.15) is 24.8 Å². The lowest BCUT2D eigenvalue weighted by atomic mass is 10.2. The molecule has 1 atom stereocenters. The van der Waals surface area contributed by atoms with Crippen molar-refractivity contribution in [2.24, 2.45) is 0 Å². The Morgan fingerprint density at radius 2 is 2.11 bits per heavy atom. The first kappa shape index (κ1) is 14.3. The Hall–Kier alpha value is -0.100. The van der Waals surface area contributed by atoms with Gasteiger partial charge in [0, 0.05) is 30.0 Å². The minimum atomic E-state index is 0.398. The number of nitrogens with one attached hydrogen (secondary N) is 1. The van der Waals surface area contributed by atoms with E-state index in [4.69, 9.17) is 11.6 Å². The molecule has 0 fully saturated rings. The zero-order chi connectivity index (χ0) is 13.1. The van der Waals surface area contributed by atoms with Crippen molar-refractivity contribution in [3.8, 4) is 10.4 Å². The molecule has 18 heavy (non-hydrogen) atoms. The third-order valence-electron chi connectivity index (χ3n) is 2.76. The zero-order valence-electron chi connectivity index (χ0n) is 10.3. The Bertz CT molecular complexity index is 538. The van der Waals surface area contributed by atoms with Gasteiger partial charge in [0.25, 0.3) is 0 Å². The summed E-state index contributed by atoms with van der Waals surface area (Å²) in [7, 11) is 0. The van der Waals surface area contributed by atoms with Gasteiger partial charge in [-0.2, -0.15) is 0 Å². The van der Waals surface area contributed by atoms with Gasteiger partial charge >= 0.3 is 0 Å². The molecule has 0 spiro atoms. The van der Waals surface area contributed by atoms with Crippen LogP contribution in [0.15, 0.2) is 30.3 Å². The molecule has 0 bridgehead atoms. The van der Waals surface area contributed by atoms with Crippen LogP contribution in [0.25, 0.3) is 10.4 Å². The van der Waals surface area contributed by atoms with Crippen molar-refractivity contribution in [1.29, 1.82) is 0 Å². The monoisotopic (exact) mass is 391 g/mol. The van der Waals surface area contributed by atoms with E-state index in [1.54, 1.807) is 11.3 Å². The highest BCUT2D eigenvalue weighted by atomic mass is 127. The Morgan fingerprint density at radius 1 is 1.33 bits per heavy atom. The van der Waals surface area contributed by atoms with Gasteiger partial charge in [-0.05, 0) is 66.4 Å². The van der Waals surface area contributed by atoms with Gasteiger partial charge in [0.1, 0.15) is 0 Å². The van der Waals surface area contributed by atoms with Crippen molar-refractivity contribution in [1.82, 2.24) is 5.32 Å². The summed E-state index contributed by atoms with van der Waals surface area (Å²) in [5, 5.41) is 4.25. The molecule has 0 aliphatic carbocycles. The summed E-state index contributed by atoms with van der Waals surface area (Å²) >= 11 is 10.4. The van der Waals surface area contributed by atoms with Crippen LogP contribution < -0.4 is 5.32 Å². The van der Waals surface area contributed by atoms with Crippen LogP contribution in [0.3, 0.4) is 0 Å². The van der Waals surface area contributed by atoms with Crippen molar-refractivity contribution >= 4 is 45.5 Å². The minimum absolute atomic E-state index is 0.398. The third kappa shape index (κ3) is 3.26. The van der Waals surface area contributed by atoms with E-state index in [1.807, 2.05) is 12.1 Å². The summed E-state index contributed by atoms with van der Waals surface area (Å²) in [6.07, 6.45) is 0. The number of thiophene rings is 1. The molecule has 0 radical (unpaired) electrons. The largest absolute Gasteiger partial charge is 0.310 e. The van der Waals surface area contributed by atoms with Gasteiger partial charge in [0.2, 0.25) is 0 Å². The molecule has 1 aromatic carbocycles. The molecule has 96 valence electrons. The molecule has 0 saturated heterocycles. The van der Waals surface area contributed by atoms with E-state index in [-0.39, 0.29) is 0 Å². The number of hydrogen-bond acceptors (Lipinski definition) is 2. The maximum atomic E-state index is 6.27. The smallest absolute Gasteiger partial charge is 0.0493 e. The van der Waals surface area contributed by atoms with Gasteiger partial charge < -0.3 is 5.32 Å². The molecule has 1 heterocycles. The van der Waals surface area contributed by atoms with Crippen LogP contribution in [-0.4, -0.2) is 6.54 Å². The third-order valence-corrected chi connectivity index (χ3v) is 5.06. The highest BCUT2D eigenvalue weighted by molar-refractivity contribution is 14.1. The maximum absolute atomic E-state index is 6.27. The zero-order valence-corrected chi connectivity index (χ0v) is 14.1. The normalized spacial score (nSPS) is 12.7. The second-order valence-electron chi connectivity index (χ2n) is 4.11. The molecule has 1 aromatic heterocycles. The lowest BCUT2D eigenvalue weighted by Crippen LogP contribution is -2.16. The fourth-order valence-electron chi connectivity index (χ4n) is 1.82. The van der Waals surface area contributed by atoms with Crippen LogP contribution in [0.2, 0.25) is 5.02 Å². The van der Waals surface area contributed by atoms with Crippen molar-refractivity contribution in [2.75, 3.05) is 6.54 Å². The first-order valence-corrected chi connectivity index (χ1v) is 8.17. The number of halogens is 2. The van der Waals surface area contributed by atoms with Gasteiger partial charge in [0.05, 0.1) is 0 Å². The van der Waals surface area contributed by atoms with Crippen LogP contribution >= 0.6 is 45.5 Å². The Morgan fingerprint density at radius 3 is 2.83 bits per heavy atom. The summed E-state index contributed by atoms with van der Waals surface area (Å²) in [4.78, 5) is 2.58. The van der Waals surface area contributed by atoms with E-state index in [0.29, 0.717) is 6.04 Å². The second-order valence-corrected chi connectivity index (χ2v) is 6.87. The molecule has 0 saturated carbocycles. The minimum Gasteiger partial charge on any atom is -0.310 e. The molecule has 0 aliphatic heterocycles. The lowest BCUT2D eigenvalue weighted by Gasteiger charge is -2.09. The fraction of sp³-hybridized carbons (Fsp3) is 0.286. The predicted molar refractivity (Wildman–Crippen MR) is 89.6 cm³/mol. The average Bonchev–Trinajstić information content (AvgIpc) is 2.82. The Labute approximate surface area is 131 Å². The Balaban J connectivity index is 2.32. The molecule has 4 heteroatoms. The SMILES string of the molecule is CCNC(C)c1ccc(-c2cc(I)ccc2Cl)s1. The topological polar surface area (TPSA) is 12.0 Å². The first-order valence-electron chi connectivity index (χ1n) is 5.90. The maximum Gasteiger partial charge on any atom is 0.0493 e. The molecule has 0 aliphatic rings. The highest BCUT2D eigenvalue weighted by Gasteiger charge is 2.11. The van der Waals surface area contributed by atoms with Gasteiger partial charge in [-0.3, -0.25) is 0 Å². The molecule has 1 N–H and O–H groups in total. The summed E-state index contributed by atoms with van der Waals surface area (Å²) in [5.41, 5.74) is 1.13. The Kier molecular flexibility index (Phi) is 5.06. The molecule has 0 amide bonds. The van der Waals surface area contributed by atoms with Gasteiger partial charge in [-0.25, -0.2) is 0 Å². The summed E-state index contributed by atoms with van der Waals surface area (Å²) in [5.74, 6) is 0. The quantitative estimate of drug-likeness (QED) is 0.693. The number of hydrogen-bond donors (Lipinski definition) is 1. The van der Waals surface area contributed by atoms with Gasteiger partial charge in [0.15, 0.2) is 0 Å². The summed E-state index contributed by atoms with van der Waals surface area (Å²) in [6, 6.07) is 10.9. The van der Waals surface area contributed by atoms with E-state index in [0.717, 1.165) is 17.1 Å².